The topological polar surface area (TPSA) is 54.4 Å². The molecule has 0 saturated carbocycles. The van der Waals surface area contributed by atoms with Crippen molar-refractivity contribution >= 4 is 11.8 Å². The van der Waals surface area contributed by atoms with Gasteiger partial charge >= 0.3 is 5.97 Å². The Morgan fingerprint density at radius 1 is 1.13 bits per heavy atom. The molecular weight excluding hydrogens is 288 g/mol. The summed E-state index contributed by atoms with van der Waals surface area (Å²) in [6.45, 7) is 2.20. The van der Waals surface area contributed by atoms with E-state index in [0.29, 0.717) is 0 Å². The third-order valence-electron chi connectivity index (χ3n) is 4.22. The number of hydrogen-bond acceptors (Lipinski definition) is 2. The third-order valence-corrected chi connectivity index (χ3v) is 4.22. The Bertz CT molecular complexity index is 458. The number of carboxylic acid groups (broad SMARTS) is 1. The second-order valence-electron chi connectivity index (χ2n) is 6.23. The predicted molar refractivity (Wildman–Crippen MR) is 94.3 cm³/mol. The molecule has 128 valence electrons. The van der Waals surface area contributed by atoms with Crippen LogP contribution in [-0.4, -0.2) is 16.9 Å². The van der Waals surface area contributed by atoms with E-state index < -0.39 is 5.97 Å². The standard InChI is InChI=1S/C20H30O3/c1-2-3-4-5-6-9-12-17-15-16-19(21)18(17)13-10-7-8-11-14-20(22)23/h6,9,12,15-16,18H,2-5,7-8,10-11,13-14H2,1H3,(H,22,23)/b9-6+,17-12+/t18-/m1/s1. The minimum atomic E-state index is -0.726. The lowest BCUT2D eigenvalue weighted by Gasteiger charge is -2.10. The summed E-state index contributed by atoms with van der Waals surface area (Å²) >= 11 is 0. The molecule has 23 heavy (non-hydrogen) atoms. The van der Waals surface area contributed by atoms with Crippen molar-refractivity contribution in [3.05, 3.63) is 36.0 Å². The fraction of sp³-hybridized carbons (Fsp3) is 0.600. The molecule has 0 radical (unpaired) electrons. The molecule has 3 heteroatoms. The van der Waals surface area contributed by atoms with Gasteiger partial charge in [-0.2, -0.15) is 0 Å². The molecule has 0 fully saturated rings. The smallest absolute Gasteiger partial charge is 0.303 e. The second kappa shape index (κ2) is 11.9. The van der Waals surface area contributed by atoms with Gasteiger partial charge in [-0.25, -0.2) is 0 Å². The van der Waals surface area contributed by atoms with Crippen molar-refractivity contribution in [2.75, 3.05) is 0 Å². The molecule has 1 N–H and O–H groups in total. The molecule has 0 aromatic carbocycles. The highest BCUT2D eigenvalue weighted by molar-refractivity contribution is 5.98. The van der Waals surface area contributed by atoms with Gasteiger partial charge in [0.25, 0.3) is 0 Å². The Labute approximate surface area is 140 Å². The van der Waals surface area contributed by atoms with Crippen LogP contribution in [0.25, 0.3) is 0 Å². The van der Waals surface area contributed by atoms with E-state index in [9.17, 15) is 9.59 Å². The van der Waals surface area contributed by atoms with Crippen LogP contribution in [0.3, 0.4) is 0 Å². The first-order valence-corrected chi connectivity index (χ1v) is 8.95. The Morgan fingerprint density at radius 3 is 2.65 bits per heavy atom. The molecule has 0 aromatic heterocycles. The van der Waals surface area contributed by atoms with Gasteiger partial charge in [0.05, 0.1) is 0 Å². The molecule has 0 bridgehead atoms. The maximum Gasteiger partial charge on any atom is 0.303 e. The van der Waals surface area contributed by atoms with E-state index in [1.165, 1.54) is 19.3 Å². The maximum atomic E-state index is 11.9. The molecule has 0 amide bonds. The van der Waals surface area contributed by atoms with Crippen molar-refractivity contribution in [2.45, 2.75) is 71.1 Å². The highest BCUT2D eigenvalue weighted by atomic mass is 16.4. The second-order valence-corrected chi connectivity index (χ2v) is 6.23. The number of unbranched alkanes of at least 4 members (excludes halogenated alkanes) is 6. The van der Waals surface area contributed by atoms with Gasteiger partial charge in [0.2, 0.25) is 0 Å². The highest BCUT2D eigenvalue weighted by Gasteiger charge is 2.23. The normalized spacial score (nSPS) is 19.3. The number of ketones is 1. The van der Waals surface area contributed by atoms with Crippen molar-refractivity contribution in [1.29, 1.82) is 0 Å². The summed E-state index contributed by atoms with van der Waals surface area (Å²) < 4.78 is 0. The molecule has 1 aliphatic rings. The molecule has 1 rings (SSSR count). The van der Waals surface area contributed by atoms with E-state index in [1.54, 1.807) is 6.08 Å². The lowest BCUT2D eigenvalue weighted by Crippen LogP contribution is -2.08. The van der Waals surface area contributed by atoms with Crippen molar-refractivity contribution in [1.82, 2.24) is 0 Å². The van der Waals surface area contributed by atoms with Crippen LogP contribution in [0, 0.1) is 5.92 Å². The fourth-order valence-corrected chi connectivity index (χ4v) is 2.82. The quantitative estimate of drug-likeness (QED) is 0.501. The molecular formula is C20H30O3. The number of carboxylic acids is 1. The van der Waals surface area contributed by atoms with Crippen LogP contribution < -0.4 is 0 Å². The van der Waals surface area contributed by atoms with Gasteiger partial charge < -0.3 is 5.11 Å². The van der Waals surface area contributed by atoms with Gasteiger partial charge in [0.15, 0.2) is 5.78 Å². The summed E-state index contributed by atoms with van der Waals surface area (Å²) in [5.74, 6) is -0.507. The summed E-state index contributed by atoms with van der Waals surface area (Å²) in [5, 5.41) is 8.60. The molecule has 0 spiro atoms. The number of allylic oxidation sites excluding steroid dienone is 6. The number of rotatable bonds is 12. The molecule has 0 unspecified atom stereocenters. The maximum absolute atomic E-state index is 11.9. The van der Waals surface area contributed by atoms with Gasteiger partial charge in [-0.05, 0) is 37.3 Å². The number of carbonyl (C=O) groups excluding carboxylic acids is 1. The number of carbonyl (C=O) groups is 2. The molecule has 0 aliphatic heterocycles. The Morgan fingerprint density at radius 2 is 1.91 bits per heavy atom. The third kappa shape index (κ3) is 8.53. The zero-order valence-electron chi connectivity index (χ0n) is 14.3. The largest absolute Gasteiger partial charge is 0.481 e. The van der Waals surface area contributed by atoms with Crippen molar-refractivity contribution in [2.24, 2.45) is 5.92 Å². The monoisotopic (exact) mass is 318 g/mol. The van der Waals surface area contributed by atoms with Crippen molar-refractivity contribution in [3.8, 4) is 0 Å². The molecule has 1 atom stereocenters. The van der Waals surface area contributed by atoms with E-state index in [4.69, 9.17) is 5.11 Å². The molecule has 0 aromatic rings. The first-order chi connectivity index (χ1) is 11.1. The summed E-state index contributed by atoms with van der Waals surface area (Å²) in [6.07, 6.45) is 19.5. The van der Waals surface area contributed by atoms with E-state index in [-0.39, 0.29) is 18.1 Å². The first kappa shape index (κ1) is 19.4. The van der Waals surface area contributed by atoms with Crippen molar-refractivity contribution < 1.29 is 14.7 Å². The van der Waals surface area contributed by atoms with Gasteiger partial charge in [0, 0.05) is 12.3 Å². The van der Waals surface area contributed by atoms with Gasteiger partial charge in [-0.1, -0.05) is 63.3 Å². The van der Waals surface area contributed by atoms with Crippen LogP contribution in [0.4, 0.5) is 0 Å². The predicted octanol–water partition coefficient (Wildman–Crippen LogP) is 5.23. The summed E-state index contributed by atoms with van der Waals surface area (Å²) in [4.78, 5) is 22.4. The minimum absolute atomic E-state index is 0.00904. The summed E-state index contributed by atoms with van der Waals surface area (Å²) in [5.41, 5.74) is 1.12. The van der Waals surface area contributed by atoms with Gasteiger partial charge in [-0.15, -0.1) is 0 Å². The molecule has 0 heterocycles. The highest BCUT2D eigenvalue weighted by Crippen LogP contribution is 2.27. The lowest BCUT2D eigenvalue weighted by atomic mass is 9.93. The van der Waals surface area contributed by atoms with Crippen LogP contribution in [0.5, 0.6) is 0 Å². The van der Waals surface area contributed by atoms with E-state index in [0.717, 1.165) is 44.1 Å². The van der Waals surface area contributed by atoms with E-state index >= 15 is 0 Å². The first-order valence-electron chi connectivity index (χ1n) is 8.95. The minimum Gasteiger partial charge on any atom is -0.481 e. The van der Waals surface area contributed by atoms with Crippen LogP contribution >= 0.6 is 0 Å². The molecule has 3 nitrogen and oxygen atoms in total. The molecule has 0 saturated heterocycles. The average Bonchev–Trinajstić information content (AvgIpc) is 2.86. The van der Waals surface area contributed by atoms with Gasteiger partial charge in [-0.3, -0.25) is 9.59 Å². The van der Waals surface area contributed by atoms with Crippen LogP contribution in [-0.2, 0) is 9.59 Å². The van der Waals surface area contributed by atoms with E-state index in [2.05, 4.69) is 25.2 Å². The fourth-order valence-electron chi connectivity index (χ4n) is 2.82. The van der Waals surface area contributed by atoms with Crippen LogP contribution in [0.1, 0.15) is 71.1 Å². The summed E-state index contributed by atoms with van der Waals surface area (Å²) in [6, 6.07) is 0. The van der Waals surface area contributed by atoms with Crippen molar-refractivity contribution in [3.63, 3.8) is 0 Å². The summed E-state index contributed by atoms with van der Waals surface area (Å²) in [7, 11) is 0. The van der Waals surface area contributed by atoms with Gasteiger partial charge in [0.1, 0.15) is 0 Å². The zero-order valence-corrected chi connectivity index (χ0v) is 14.3. The van der Waals surface area contributed by atoms with Crippen LogP contribution in [0.15, 0.2) is 36.0 Å². The Balaban J connectivity index is 2.29. The average molecular weight is 318 g/mol. The SMILES string of the molecule is CCCCC/C=C/C=C1\C=CC(=O)[C@@H]1CCCCCCC(=O)O. The Hall–Kier alpha value is -1.64. The number of hydrogen-bond donors (Lipinski definition) is 1. The lowest BCUT2D eigenvalue weighted by molar-refractivity contribution is -0.137. The Kier molecular flexibility index (Phi) is 10.0. The molecule has 1 aliphatic carbocycles. The van der Waals surface area contributed by atoms with E-state index in [1.807, 2.05) is 6.08 Å². The number of aliphatic carboxylic acids is 1. The van der Waals surface area contributed by atoms with Crippen LogP contribution in [0.2, 0.25) is 0 Å². The zero-order chi connectivity index (χ0) is 16.9.